The van der Waals surface area contributed by atoms with Crippen molar-refractivity contribution in [1.82, 2.24) is 14.7 Å². The van der Waals surface area contributed by atoms with Gasteiger partial charge in [-0.1, -0.05) is 23.2 Å². The van der Waals surface area contributed by atoms with E-state index >= 15 is 0 Å². The van der Waals surface area contributed by atoms with Crippen LogP contribution in [-0.2, 0) is 0 Å². The van der Waals surface area contributed by atoms with Gasteiger partial charge >= 0.3 is 0 Å². The Balaban J connectivity index is 1.35. The molecule has 2 fully saturated rings. The van der Waals surface area contributed by atoms with Gasteiger partial charge in [0.25, 0.3) is 11.8 Å². The third-order valence-electron chi connectivity index (χ3n) is 5.87. The van der Waals surface area contributed by atoms with Gasteiger partial charge in [-0.05, 0) is 58.4 Å². The normalized spacial score (nSPS) is 22.1. The van der Waals surface area contributed by atoms with Crippen LogP contribution in [0.1, 0.15) is 20.7 Å². The molecule has 4 rings (SSSR count). The summed E-state index contributed by atoms with van der Waals surface area (Å²) in [6.07, 6.45) is -0.620. The number of piperazine rings is 1. The lowest BCUT2D eigenvalue weighted by atomic mass is 10.1. The Bertz CT molecular complexity index is 980. The number of β-amino-alcohol motifs (C(OH)–C–C–N with tert-alkyl or cyclic N) is 1. The van der Waals surface area contributed by atoms with E-state index in [0.717, 1.165) is 0 Å². The van der Waals surface area contributed by atoms with Gasteiger partial charge in [-0.3, -0.25) is 14.5 Å². The van der Waals surface area contributed by atoms with Crippen LogP contribution in [0, 0.1) is 0 Å². The molecule has 0 aliphatic carbocycles. The highest BCUT2D eigenvalue weighted by molar-refractivity contribution is 9.10. The fraction of sp³-hybridized carbons (Fsp3) is 0.364. The first-order valence-electron chi connectivity index (χ1n) is 10.0. The maximum Gasteiger partial charge on any atom is 0.253 e. The van der Waals surface area contributed by atoms with E-state index < -0.39 is 6.10 Å². The van der Waals surface area contributed by atoms with Gasteiger partial charge in [0.1, 0.15) is 0 Å². The number of carbonyl (C=O) groups excluding carboxylic acids is 2. The van der Waals surface area contributed by atoms with E-state index in [1.807, 2.05) is 4.90 Å². The summed E-state index contributed by atoms with van der Waals surface area (Å²) < 4.78 is 0.693. The number of aliphatic hydroxyl groups excluding tert-OH is 1. The molecule has 0 unspecified atom stereocenters. The van der Waals surface area contributed by atoms with Crippen LogP contribution in [0.3, 0.4) is 0 Å². The number of rotatable bonds is 3. The molecule has 6 nitrogen and oxygen atoms in total. The highest BCUT2D eigenvalue weighted by Crippen LogP contribution is 2.25. The fourth-order valence-corrected chi connectivity index (χ4v) is 4.76. The summed E-state index contributed by atoms with van der Waals surface area (Å²) in [5.41, 5.74) is 1.15. The number of aliphatic hydroxyl groups is 1. The van der Waals surface area contributed by atoms with Crippen LogP contribution in [-0.4, -0.2) is 83.0 Å². The molecule has 0 radical (unpaired) electrons. The second-order valence-corrected chi connectivity index (χ2v) is 9.51. The largest absolute Gasteiger partial charge is 0.390 e. The van der Waals surface area contributed by atoms with Gasteiger partial charge < -0.3 is 14.9 Å². The Labute approximate surface area is 199 Å². The molecule has 164 valence electrons. The van der Waals surface area contributed by atoms with Crippen molar-refractivity contribution in [2.75, 3.05) is 39.3 Å². The van der Waals surface area contributed by atoms with E-state index in [1.54, 1.807) is 47.4 Å². The second kappa shape index (κ2) is 9.46. The molecule has 2 aromatic rings. The monoisotopic (exact) mass is 525 g/mol. The Morgan fingerprint density at radius 1 is 0.871 bits per heavy atom. The number of halogens is 3. The number of amides is 2. The van der Waals surface area contributed by atoms with Crippen molar-refractivity contribution < 1.29 is 14.7 Å². The average Bonchev–Trinajstić information content (AvgIpc) is 3.17. The Morgan fingerprint density at radius 3 is 2.13 bits per heavy atom. The van der Waals surface area contributed by atoms with Gasteiger partial charge in [-0.15, -0.1) is 0 Å². The summed E-state index contributed by atoms with van der Waals surface area (Å²) in [7, 11) is 0. The lowest BCUT2D eigenvalue weighted by Gasteiger charge is -2.38. The molecule has 2 atom stereocenters. The van der Waals surface area contributed by atoms with Crippen molar-refractivity contribution in [2.45, 2.75) is 12.1 Å². The van der Waals surface area contributed by atoms with Crippen LogP contribution in [0.4, 0.5) is 0 Å². The summed E-state index contributed by atoms with van der Waals surface area (Å²) in [4.78, 5) is 31.2. The van der Waals surface area contributed by atoms with E-state index in [9.17, 15) is 14.7 Å². The molecule has 2 amide bonds. The third kappa shape index (κ3) is 4.91. The maximum atomic E-state index is 12.8. The van der Waals surface area contributed by atoms with Crippen molar-refractivity contribution in [3.8, 4) is 0 Å². The minimum atomic E-state index is -0.620. The van der Waals surface area contributed by atoms with Gasteiger partial charge in [-0.2, -0.15) is 0 Å². The molecule has 0 aromatic heterocycles. The number of carbonyl (C=O) groups is 2. The summed E-state index contributed by atoms with van der Waals surface area (Å²) >= 11 is 15.3. The van der Waals surface area contributed by atoms with Gasteiger partial charge in [-0.25, -0.2) is 0 Å². The molecule has 0 spiro atoms. The summed E-state index contributed by atoms with van der Waals surface area (Å²) in [6.45, 7) is 3.17. The van der Waals surface area contributed by atoms with Crippen LogP contribution in [0.15, 0.2) is 46.9 Å². The summed E-state index contributed by atoms with van der Waals surface area (Å²) in [5.74, 6) is -0.149. The quantitative estimate of drug-likeness (QED) is 0.665. The van der Waals surface area contributed by atoms with E-state index in [1.165, 1.54) is 0 Å². The predicted octanol–water partition coefficient (Wildman–Crippen LogP) is 3.40. The minimum Gasteiger partial charge on any atom is -0.390 e. The Hall–Kier alpha value is -1.64. The lowest BCUT2D eigenvalue weighted by molar-refractivity contribution is 0.0376. The first-order chi connectivity index (χ1) is 14.8. The maximum absolute atomic E-state index is 12.8. The van der Waals surface area contributed by atoms with E-state index in [0.29, 0.717) is 64.9 Å². The van der Waals surface area contributed by atoms with Crippen LogP contribution in [0.2, 0.25) is 10.0 Å². The summed E-state index contributed by atoms with van der Waals surface area (Å²) in [5, 5.41) is 11.7. The van der Waals surface area contributed by atoms with Crippen LogP contribution < -0.4 is 0 Å². The predicted molar refractivity (Wildman–Crippen MR) is 124 cm³/mol. The molecule has 0 saturated carbocycles. The van der Waals surface area contributed by atoms with Crippen molar-refractivity contribution in [3.63, 3.8) is 0 Å². The van der Waals surface area contributed by atoms with Crippen molar-refractivity contribution in [1.29, 1.82) is 0 Å². The molecule has 9 heteroatoms. The summed E-state index contributed by atoms with van der Waals surface area (Å²) in [6, 6.07) is 11.8. The number of hydrogen-bond donors (Lipinski definition) is 1. The second-order valence-electron chi connectivity index (χ2n) is 7.81. The molecule has 2 aromatic carbocycles. The minimum absolute atomic E-state index is 0.0384. The molecule has 31 heavy (non-hydrogen) atoms. The first kappa shape index (κ1) is 22.6. The molecule has 2 aliphatic heterocycles. The SMILES string of the molecule is O=C(c1ccc(Cl)c(Br)c1)N1CCN([C@H]2CN(C(=O)c3ccc(Cl)cc3)C[C@@H]2O)CC1. The van der Waals surface area contributed by atoms with Crippen molar-refractivity contribution in [3.05, 3.63) is 68.1 Å². The molecule has 2 saturated heterocycles. The molecule has 0 bridgehead atoms. The van der Waals surface area contributed by atoms with E-state index in [-0.39, 0.29) is 17.9 Å². The van der Waals surface area contributed by atoms with Crippen LogP contribution in [0.25, 0.3) is 0 Å². The molecular formula is C22H22BrCl2N3O3. The van der Waals surface area contributed by atoms with Crippen LogP contribution >= 0.6 is 39.1 Å². The van der Waals surface area contributed by atoms with Crippen LogP contribution in [0.5, 0.6) is 0 Å². The highest BCUT2D eigenvalue weighted by Gasteiger charge is 2.39. The molecule has 2 heterocycles. The van der Waals surface area contributed by atoms with Gasteiger partial charge in [0.15, 0.2) is 0 Å². The van der Waals surface area contributed by atoms with Gasteiger partial charge in [0.05, 0.1) is 17.2 Å². The third-order valence-corrected chi connectivity index (χ3v) is 7.34. The zero-order valence-electron chi connectivity index (χ0n) is 16.7. The molecule has 2 aliphatic rings. The average molecular weight is 527 g/mol. The van der Waals surface area contributed by atoms with Crippen molar-refractivity contribution in [2.24, 2.45) is 0 Å². The molecule has 1 N–H and O–H groups in total. The topological polar surface area (TPSA) is 64.1 Å². The Morgan fingerprint density at radius 2 is 1.48 bits per heavy atom. The number of hydrogen-bond acceptors (Lipinski definition) is 4. The lowest BCUT2D eigenvalue weighted by Crippen LogP contribution is -2.54. The fourth-order valence-electron chi connectivity index (χ4n) is 4.14. The van der Waals surface area contributed by atoms with E-state index in [2.05, 4.69) is 20.8 Å². The Kier molecular flexibility index (Phi) is 6.89. The molecular weight excluding hydrogens is 505 g/mol. The number of benzene rings is 2. The smallest absolute Gasteiger partial charge is 0.253 e. The van der Waals surface area contributed by atoms with Gasteiger partial charge in [0, 0.05) is 59.9 Å². The van der Waals surface area contributed by atoms with E-state index in [4.69, 9.17) is 23.2 Å². The number of nitrogens with zero attached hydrogens (tertiary/aromatic N) is 3. The number of likely N-dealkylation sites (tertiary alicyclic amines) is 1. The zero-order valence-corrected chi connectivity index (χ0v) is 19.8. The standard InChI is InChI=1S/C22H22BrCl2N3O3/c23-17-11-15(3-6-18(17)25)22(31)27-9-7-26(8-10-27)19-12-28(13-20(19)29)21(30)14-1-4-16(24)5-2-14/h1-6,11,19-20,29H,7-10,12-13H2/t19-,20-/m0/s1. The van der Waals surface area contributed by atoms with Crippen molar-refractivity contribution >= 4 is 50.9 Å². The van der Waals surface area contributed by atoms with Gasteiger partial charge in [0.2, 0.25) is 0 Å². The highest BCUT2D eigenvalue weighted by atomic mass is 79.9. The first-order valence-corrected chi connectivity index (χ1v) is 11.6. The zero-order chi connectivity index (χ0) is 22.1.